The molecule has 0 aromatic heterocycles. The van der Waals surface area contributed by atoms with Crippen LogP contribution in [0.15, 0.2) is 58.5 Å². The van der Waals surface area contributed by atoms with Crippen LogP contribution in [0.25, 0.3) is 0 Å². The van der Waals surface area contributed by atoms with Gasteiger partial charge in [0.05, 0.1) is 29.6 Å². The zero-order valence-electron chi connectivity index (χ0n) is 12.2. The number of aliphatic imine (C=N–C) groups is 2. The number of hydrogen-bond acceptors (Lipinski definition) is 5. The van der Waals surface area contributed by atoms with E-state index in [1.807, 2.05) is 42.5 Å². The van der Waals surface area contributed by atoms with Gasteiger partial charge >= 0.3 is 0 Å². The maximum Gasteiger partial charge on any atom is 0.140 e. The van der Waals surface area contributed by atoms with Gasteiger partial charge in [0.25, 0.3) is 0 Å². The van der Waals surface area contributed by atoms with Gasteiger partial charge in [-0.1, -0.05) is 30.3 Å². The number of hydrazine groups is 1. The average Bonchev–Trinajstić information content (AvgIpc) is 2.74. The maximum absolute atomic E-state index is 9.15. The fraction of sp³-hybridized carbons (Fsp3) is 0.118. The van der Waals surface area contributed by atoms with Crippen molar-refractivity contribution in [3.8, 4) is 6.07 Å². The van der Waals surface area contributed by atoms with Crippen molar-refractivity contribution in [2.24, 2.45) is 15.8 Å². The van der Waals surface area contributed by atoms with Gasteiger partial charge in [0, 0.05) is 18.2 Å². The van der Waals surface area contributed by atoms with Crippen molar-refractivity contribution in [3.63, 3.8) is 0 Å². The summed E-state index contributed by atoms with van der Waals surface area (Å²) in [5, 5.41) is 10.6. The first-order chi connectivity index (χ1) is 10.7. The second-order valence-corrected chi connectivity index (χ2v) is 5.01. The highest BCUT2D eigenvalue weighted by Gasteiger charge is 2.17. The lowest BCUT2D eigenvalue weighted by molar-refractivity contribution is 0.531. The summed E-state index contributed by atoms with van der Waals surface area (Å²) in [4.78, 5) is 9.25. The van der Waals surface area contributed by atoms with Crippen molar-refractivity contribution in [2.45, 2.75) is 0 Å². The standard InChI is InChI=1S/C17H15N5/c1-22(19)16-11-20-17(13-5-3-2-4-6-13)14-9-12(10-18)7-8-15(14)21-16/h2-9H,11,19H2,1H3. The molecule has 0 unspecified atom stereocenters. The van der Waals surface area contributed by atoms with Gasteiger partial charge in [-0.2, -0.15) is 5.26 Å². The van der Waals surface area contributed by atoms with E-state index >= 15 is 0 Å². The molecule has 5 heteroatoms. The number of nitrogens with zero attached hydrogens (tertiary/aromatic N) is 4. The molecule has 0 bridgehead atoms. The van der Waals surface area contributed by atoms with E-state index < -0.39 is 0 Å². The predicted octanol–water partition coefficient (Wildman–Crippen LogP) is 2.24. The third-order valence-electron chi connectivity index (χ3n) is 3.46. The quantitative estimate of drug-likeness (QED) is 0.646. The first-order valence-electron chi connectivity index (χ1n) is 6.89. The lowest BCUT2D eigenvalue weighted by Gasteiger charge is -2.12. The van der Waals surface area contributed by atoms with Gasteiger partial charge in [0.2, 0.25) is 0 Å². The molecule has 2 aromatic carbocycles. The van der Waals surface area contributed by atoms with Gasteiger partial charge in [-0.05, 0) is 18.2 Å². The van der Waals surface area contributed by atoms with Crippen LogP contribution in [0.1, 0.15) is 16.7 Å². The van der Waals surface area contributed by atoms with E-state index in [2.05, 4.69) is 16.1 Å². The van der Waals surface area contributed by atoms with Crippen LogP contribution < -0.4 is 5.84 Å². The molecule has 0 saturated carbocycles. The van der Waals surface area contributed by atoms with Gasteiger partial charge in [0.15, 0.2) is 0 Å². The summed E-state index contributed by atoms with van der Waals surface area (Å²) in [7, 11) is 1.74. The summed E-state index contributed by atoms with van der Waals surface area (Å²) >= 11 is 0. The average molecular weight is 289 g/mol. The molecule has 0 amide bonds. The van der Waals surface area contributed by atoms with Crippen molar-refractivity contribution in [3.05, 3.63) is 65.2 Å². The molecule has 1 aliphatic heterocycles. The van der Waals surface area contributed by atoms with Gasteiger partial charge < -0.3 is 0 Å². The Hall–Kier alpha value is -2.97. The minimum Gasteiger partial charge on any atom is -0.300 e. The van der Waals surface area contributed by atoms with E-state index in [1.165, 1.54) is 5.01 Å². The smallest absolute Gasteiger partial charge is 0.140 e. The van der Waals surface area contributed by atoms with E-state index in [0.29, 0.717) is 17.9 Å². The van der Waals surface area contributed by atoms with Crippen molar-refractivity contribution in [1.82, 2.24) is 5.01 Å². The summed E-state index contributed by atoms with van der Waals surface area (Å²) in [6.45, 7) is 0.397. The molecule has 0 fully saturated rings. The number of fused-ring (bicyclic) bond motifs is 1. The maximum atomic E-state index is 9.15. The Morgan fingerprint density at radius 1 is 1.18 bits per heavy atom. The zero-order valence-corrected chi connectivity index (χ0v) is 12.2. The summed E-state index contributed by atoms with van der Waals surface area (Å²) in [5.41, 5.74) is 4.03. The molecule has 0 aliphatic carbocycles. The summed E-state index contributed by atoms with van der Waals surface area (Å²) in [6, 6.07) is 17.5. The molecule has 22 heavy (non-hydrogen) atoms. The molecular weight excluding hydrogens is 274 g/mol. The summed E-state index contributed by atoms with van der Waals surface area (Å²) in [5.74, 6) is 6.49. The summed E-state index contributed by atoms with van der Waals surface area (Å²) < 4.78 is 0. The number of rotatable bonds is 1. The van der Waals surface area contributed by atoms with E-state index in [4.69, 9.17) is 11.1 Å². The van der Waals surface area contributed by atoms with Crippen molar-refractivity contribution in [1.29, 1.82) is 5.26 Å². The number of likely N-dealkylation sites (N-methyl/N-ethyl adjacent to an activating group) is 1. The van der Waals surface area contributed by atoms with Crippen LogP contribution in [-0.2, 0) is 0 Å². The second-order valence-electron chi connectivity index (χ2n) is 5.01. The molecule has 0 spiro atoms. The van der Waals surface area contributed by atoms with Crippen molar-refractivity contribution < 1.29 is 0 Å². The molecule has 2 N–H and O–H groups in total. The SMILES string of the molecule is CN(N)C1=Nc2ccc(C#N)cc2C(c2ccccc2)=NC1. The van der Waals surface area contributed by atoms with Gasteiger partial charge in [-0.25, -0.2) is 10.8 Å². The molecular formula is C17H15N5. The Balaban J connectivity index is 2.21. The molecule has 5 nitrogen and oxygen atoms in total. The number of nitrogens with two attached hydrogens (primary N) is 1. The Morgan fingerprint density at radius 3 is 2.64 bits per heavy atom. The molecule has 1 aliphatic rings. The van der Waals surface area contributed by atoms with Gasteiger partial charge in [0.1, 0.15) is 5.84 Å². The fourth-order valence-corrected chi connectivity index (χ4v) is 2.34. The van der Waals surface area contributed by atoms with Crippen molar-refractivity contribution >= 4 is 17.2 Å². The largest absolute Gasteiger partial charge is 0.300 e. The Bertz CT molecular complexity index is 798. The lowest BCUT2D eigenvalue weighted by atomic mass is 9.99. The third-order valence-corrected chi connectivity index (χ3v) is 3.46. The number of nitriles is 1. The fourth-order valence-electron chi connectivity index (χ4n) is 2.34. The van der Waals surface area contributed by atoms with Gasteiger partial charge in [-0.3, -0.25) is 10.0 Å². The highest BCUT2D eigenvalue weighted by Crippen LogP contribution is 2.26. The van der Waals surface area contributed by atoms with Crippen LogP contribution in [0.2, 0.25) is 0 Å². The van der Waals surface area contributed by atoms with Crippen LogP contribution >= 0.6 is 0 Å². The molecule has 3 rings (SSSR count). The highest BCUT2D eigenvalue weighted by molar-refractivity contribution is 6.17. The number of amidine groups is 1. The third kappa shape index (κ3) is 2.60. The van der Waals surface area contributed by atoms with E-state index in [9.17, 15) is 0 Å². The molecule has 0 atom stereocenters. The minimum atomic E-state index is 0.397. The van der Waals surface area contributed by atoms with Crippen LogP contribution in [-0.4, -0.2) is 30.1 Å². The monoisotopic (exact) mass is 289 g/mol. The lowest BCUT2D eigenvalue weighted by Crippen LogP contribution is -2.34. The second kappa shape index (κ2) is 5.80. The molecule has 108 valence electrons. The number of hydrogen-bond donors (Lipinski definition) is 1. The molecule has 0 saturated heterocycles. The van der Waals surface area contributed by atoms with Crippen LogP contribution in [0.3, 0.4) is 0 Å². The molecule has 1 heterocycles. The molecule has 2 aromatic rings. The topological polar surface area (TPSA) is 77.8 Å². The van der Waals surface area contributed by atoms with Crippen LogP contribution in [0.5, 0.6) is 0 Å². The Morgan fingerprint density at radius 2 is 1.95 bits per heavy atom. The minimum absolute atomic E-state index is 0.397. The summed E-state index contributed by atoms with van der Waals surface area (Å²) in [6.07, 6.45) is 0. The zero-order chi connectivity index (χ0) is 15.5. The van der Waals surface area contributed by atoms with E-state index in [1.54, 1.807) is 13.1 Å². The van der Waals surface area contributed by atoms with Crippen LogP contribution in [0, 0.1) is 11.3 Å². The molecule has 0 radical (unpaired) electrons. The Kier molecular flexibility index (Phi) is 3.69. The highest BCUT2D eigenvalue weighted by atomic mass is 15.4. The van der Waals surface area contributed by atoms with Crippen molar-refractivity contribution in [2.75, 3.05) is 13.6 Å². The first kappa shape index (κ1) is 14.0. The number of benzene rings is 2. The van der Waals surface area contributed by atoms with Gasteiger partial charge in [-0.15, -0.1) is 0 Å². The van der Waals surface area contributed by atoms with E-state index in [-0.39, 0.29) is 0 Å². The van der Waals surface area contributed by atoms with Crippen LogP contribution in [0.4, 0.5) is 5.69 Å². The first-order valence-corrected chi connectivity index (χ1v) is 6.89. The Labute approximate surface area is 129 Å². The normalized spacial score (nSPS) is 13.3. The predicted molar refractivity (Wildman–Crippen MR) is 87.2 cm³/mol. The van der Waals surface area contributed by atoms with E-state index in [0.717, 1.165) is 22.5 Å².